The molecule has 2 aromatic rings. The van der Waals surface area contributed by atoms with Crippen molar-refractivity contribution in [3.05, 3.63) is 63.4 Å². The molecular formula is C16H15Cl2N3O2. The van der Waals surface area contributed by atoms with E-state index in [1.54, 1.807) is 38.4 Å². The van der Waals surface area contributed by atoms with Gasteiger partial charge in [-0.25, -0.2) is 4.98 Å². The molecule has 1 N–H and O–H groups in total. The Morgan fingerprint density at radius 1 is 1.17 bits per heavy atom. The quantitative estimate of drug-likeness (QED) is 0.861. The van der Waals surface area contributed by atoms with E-state index in [1.165, 1.54) is 17.2 Å². The number of benzene rings is 1. The number of carbonyl (C=O) groups is 2. The molecule has 2 rings (SSSR count). The fourth-order valence-corrected chi connectivity index (χ4v) is 2.28. The molecule has 0 fully saturated rings. The monoisotopic (exact) mass is 351 g/mol. The van der Waals surface area contributed by atoms with Crippen molar-refractivity contribution in [1.29, 1.82) is 0 Å². The summed E-state index contributed by atoms with van der Waals surface area (Å²) in [6.45, 7) is 0.396. The van der Waals surface area contributed by atoms with Crippen LogP contribution in [0.5, 0.6) is 0 Å². The first kappa shape index (κ1) is 17.2. The Bertz CT molecular complexity index is 733. The number of nitrogens with one attached hydrogen (secondary N) is 1. The summed E-state index contributed by atoms with van der Waals surface area (Å²) in [5.74, 6) is -0.366. The standard InChI is InChI=1S/C16H15Cl2N3O2/c1-19-15(22)11-5-3-10(4-6-11)9-21(2)16(23)12-7-13(17)14(18)20-8-12/h3-8H,9H2,1-2H3,(H,19,22). The van der Waals surface area contributed by atoms with Crippen LogP contribution in [0.2, 0.25) is 10.2 Å². The smallest absolute Gasteiger partial charge is 0.255 e. The summed E-state index contributed by atoms with van der Waals surface area (Å²) < 4.78 is 0. The van der Waals surface area contributed by atoms with Gasteiger partial charge in [-0.3, -0.25) is 9.59 Å². The molecule has 0 aliphatic rings. The highest BCUT2D eigenvalue weighted by Gasteiger charge is 2.14. The third-order valence-electron chi connectivity index (χ3n) is 3.25. The number of pyridine rings is 1. The molecule has 23 heavy (non-hydrogen) atoms. The van der Waals surface area contributed by atoms with E-state index in [-0.39, 0.29) is 22.0 Å². The molecule has 1 aromatic carbocycles. The van der Waals surface area contributed by atoms with Crippen molar-refractivity contribution in [2.75, 3.05) is 14.1 Å². The second-order valence-electron chi connectivity index (χ2n) is 4.93. The molecule has 1 heterocycles. The Balaban J connectivity index is 2.08. The lowest BCUT2D eigenvalue weighted by molar-refractivity contribution is 0.0784. The first-order valence-corrected chi connectivity index (χ1v) is 7.55. The maximum Gasteiger partial charge on any atom is 0.255 e. The lowest BCUT2D eigenvalue weighted by Crippen LogP contribution is -2.26. The zero-order valence-electron chi connectivity index (χ0n) is 12.6. The van der Waals surface area contributed by atoms with Gasteiger partial charge < -0.3 is 10.2 Å². The molecule has 7 heteroatoms. The van der Waals surface area contributed by atoms with Crippen LogP contribution in [0.4, 0.5) is 0 Å². The van der Waals surface area contributed by atoms with Crippen LogP contribution in [0.3, 0.4) is 0 Å². The van der Waals surface area contributed by atoms with Crippen LogP contribution in [0, 0.1) is 0 Å². The van der Waals surface area contributed by atoms with E-state index in [2.05, 4.69) is 10.3 Å². The summed E-state index contributed by atoms with van der Waals surface area (Å²) >= 11 is 11.6. The molecular weight excluding hydrogens is 337 g/mol. The van der Waals surface area contributed by atoms with Gasteiger partial charge in [-0.15, -0.1) is 0 Å². The molecule has 1 aromatic heterocycles. The van der Waals surface area contributed by atoms with E-state index in [0.717, 1.165) is 5.56 Å². The lowest BCUT2D eigenvalue weighted by Gasteiger charge is -2.17. The number of carbonyl (C=O) groups excluding carboxylic acids is 2. The molecule has 2 amide bonds. The zero-order chi connectivity index (χ0) is 17.0. The maximum absolute atomic E-state index is 12.4. The van der Waals surface area contributed by atoms with Crippen molar-refractivity contribution in [2.45, 2.75) is 6.54 Å². The number of rotatable bonds is 4. The van der Waals surface area contributed by atoms with Crippen molar-refractivity contribution >= 4 is 35.0 Å². The van der Waals surface area contributed by atoms with Crippen molar-refractivity contribution in [3.63, 3.8) is 0 Å². The number of nitrogens with zero attached hydrogens (tertiary/aromatic N) is 2. The van der Waals surface area contributed by atoms with Gasteiger partial charge in [0.05, 0.1) is 10.6 Å². The van der Waals surface area contributed by atoms with E-state index in [9.17, 15) is 9.59 Å². The van der Waals surface area contributed by atoms with Crippen LogP contribution in [0.15, 0.2) is 36.5 Å². The SMILES string of the molecule is CNC(=O)c1ccc(CN(C)C(=O)c2cnc(Cl)c(Cl)c2)cc1. The number of amides is 2. The third-order valence-corrected chi connectivity index (χ3v) is 3.94. The Hall–Kier alpha value is -2.11. The summed E-state index contributed by atoms with van der Waals surface area (Å²) in [6.07, 6.45) is 1.39. The minimum Gasteiger partial charge on any atom is -0.355 e. The number of halogens is 2. The number of aromatic nitrogens is 1. The Morgan fingerprint density at radius 2 is 1.83 bits per heavy atom. The highest BCUT2D eigenvalue weighted by Crippen LogP contribution is 2.20. The molecule has 0 unspecified atom stereocenters. The molecule has 0 saturated heterocycles. The summed E-state index contributed by atoms with van der Waals surface area (Å²) in [4.78, 5) is 29.3. The maximum atomic E-state index is 12.4. The van der Waals surface area contributed by atoms with E-state index in [1.807, 2.05) is 0 Å². The minimum atomic E-state index is -0.216. The van der Waals surface area contributed by atoms with E-state index < -0.39 is 0 Å². The van der Waals surface area contributed by atoms with E-state index in [0.29, 0.717) is 17.7 Å². The normalized spacial score (nSPS) is 10.3. The predicted octanol–water partition coefficient (Wildman–Crippen LogP) is 3.02. The number of hydrogen-bond acceptors (Lipinski definition) is 3. The second-order valence-corrected chi connectivity index (χ2v) is 5.70. The van der Waals surface area contributed by atoms with Crippen molar-refractivity contribution in [1.82, 2.24) is 15.2 Å². The van der Waals surface area contributed by atoms with E-state index in [4.69, 9.17) is 23.2 Å². The molecule has 0 radical (unpaired) electrons. The van der Waals surface area contributed by atoms with Gasteiger partial charge in [0, 0.05) is 32.4 Å². The van der Waals surface area contributed by atoms with Gasteiger partial charge in [-0.05, 0) is 23.8 Å². The Labute approximate surface area is 144 Å². The first-order valence-electron chi connectivity index (χ1n) is 6.80. The average Bonchev–Trinajstić information content (AvgIpc) is 2.56. The number of hydrogen-bond donors (Lipinski definition) is 1. The Kier molecular flexibility index (Phi) is 5.58. The van der Waals surface area contributed by atoms with Crippen LogP contribution in [-0.2, 0) is 6.54 Å². The van der Waals surface area contributed by atoms with Crippen LogP contribution in [0.25, 0.3) is 0 Å². The second kappa shape index (κ2) is 7.44. The lowest BCUT2D eigenvalue weighted by atomic mass is 10.1. The molecule has 0 atom stereocenters. The topological polar surface area (TPSA) is 62.3 Å². The molecule has 0 spiro atoms. The molecule has 0 aliphatic heterocycles. The van der Waals surface area contributed by atoms with Crippen molar-refractivity contribution < 1.29 is 9.59 Å². The van der Waals surface area contributed by atoms with Gasteiger partial charge in [0.1, 0.15) is 5.15 Å². The average molecular weight is 352 g/mol. The predicted molar refractivity (Wildman–Crippen MR) is 89.9 cm³/mol. The highest BCUT2D eigenvalue weighted by atomic mass is 35.5. The van der Waals surface area contributed by atoms with Crippen LogP contribution in [0.1, 0.15) is 26.3 Å². The van der Waals surface area contributed by atoms with E-state index >= 15 is 0 Å². The molecule has 0 bridgehead atoms. The first-order chi connectivity index (χ1) is 10.9. The van der Waals surface area contributed by atoms with Crippen LogP contribution in [-0.4, -0.2) is 35.8 Å². The molecule has 0 saturated carbocycles. The largest absolute Gasteiger partial charge is 0.355 e. The van der Waals surface area contributed by atoms with Gasteiger partial charge >= 0.3 is 0 Å². The van der Waals surface area contributed by atoms with Gasteiger partial charge in [-0.2, -0.15) is 0 Å². The highest BCUT2D eigenvalue weighted by molar-refractivity contribution is 6.41. The van der Waals surface area contributed by atoms with Gasteiger partial charge in [0.15, 0.2) is 0 Å². The fourth-order valence-electron chi connectivity index (χ4n) is 2.01. The Morgan fingerprint density at radius 3 is 2.39 bits per heavy atom. The van der Waals surface area contributed by atoms with Gasteiger partial charge in [0.25, 0.3) is 11.8 Å². The van der Waals surface area contributed by atoms with Crippen molar-refractivity contribution in [3.8, 4) is 0 Å². The summed E-state index contributed by atoms with van der Waals surface area (Å²) in [5, 5.41) is 2.96. The summed E-state index contributed by atoms with van der Waals surface area (Å²) in [5.41, 5.74) is 1.84. The zero-order valence-corrected chi connectivity index (χ0v) is 14.1. The van der Waals surface area contributed by atoms with Crippen LogP contribution < -0.4 is 5.32 Å². The molecule has 5 nitrogen and oxygen atoms in total. The van der Waals surface area contributed by atoms with Crippen molar-refractivity contribution in [2.24, 2.45) is 0 Å². The third kappa shape index (κ3) is 4.21. The molecule has 0 aliphatic carbocycles. The minimum absolute atomic E-state index is 0.150. The van der Waals surface area contributed by atoms with Gasteiger partial charge in [0.2, 0.25) is 0 Å². The summed E-state index contributed by atoms with van der Waals surface area (Å²) in [6, 6.07) is 8.54. The molecule has 120 valence electrons. The fraction of sp³-hybridized carbons (Fsp3) is 0.188. The van der Waals surface area contributed by atoms with Crippen LogP contribution >= 0.6 is 23.2 Å². The summed E-state index contributed by atoms with van der Waals surface area (Å²) in [7, 11) is 3.26. The van der Waals surface area contributed by atoms with Gasteiger partial charge in [-0.1, -0.05) is 35.3 Å².